The van der Waals surface area contributed by atoms with Crippen LogP contribution >= 0.6 is 15.9 Å². The van der Waals surface area contributed by atoms with E-state index in [9.17, 15) is 10.1 Å². The van der Waals surface area contributed by atoms with Crippen molar-refractivity contribution in [2.24, 2.45) is 5.92 Å². The van der Waals surface area contributed by atoms with Crippen molar-refractivity contribution < 1.29 is 4.92 Å². The van der Waals surface area contributed by atoms with Gasteiger partial charge in [-0.1, -0.05) is 41.9 Å². The van der Waals surface area contributed by atoms with Crippen molar-refractivity contribution in [2.75, 3.05) is 0 Å². The van der Waals surface area contributed by atoms with Gasteiger partial charge in [-0.05, 0) is 23.6 Å². The zero-order chi connectivity index (χ0) is 12.1. The Morgan fingerprint density at radius 3 is 2.44 bits per heavy atom. The molecule has 86 valence electrons. The molecular formula is C12H14BrNO2. The van der Waals surface area contributed by atoms with E-state index in [0.717, 1.165) is 10.0 Å². The van der Waals surface area contributed by atoms with Crippen LogP contribution in [0.5, 0.6) is 0 Å². The van der Waals surface area contributed by atoms with Crippen LogP contribution in [0.3, 0.4) is 0 Å². The Morgan fingerprint density at radius 2 is 2.00 bits per heavy atom. The molecular weight excluding hydrogens is 270 g/mol. The van der Waals surface area contributed by atoms with Gasteiger partial charge in [-0.2, -0.15) is 0 Å². The van der Waals surface area contributed by atoms with Gasteiger partial charge in [0, 0.05) is 17.0 Å². The summed E-state index contributed by atoms with van der Waals surface area (Å²) in [6.45, 7) is 3.94. The Balaban J connectivity index is 2.93. The van der Waals surface area contributed by atoms with Crippen LogP contribution in [-0.4, -0.2) is 4.92 Å². The van der Waals surface area contributed by atoms with Gasteiger partial charge in [0.25, 0.3) is 0 Å². The van der Waals surface area contributed by atoms with Gasteiger partial charge in [0.05, 0.1) is 4.92 Å². The molecule has 0 aromatic heterocycles. The zero-order valence-electron chi connectivity index (χ0n) is 9.31. The molecule has 0 saturated heterocycles. The SMILES string of the molecule is CC(C)CC(=Cc1ccc(Br)cc1)[N+](=O)[O-]. The summed E-state index contributed by atoms with van der Waals surface area (Å²) in [5.74, 6) is 0.284. The average Bonchev–Trinajstić information content (AvgIpc) is 2.19. The van der Waals surface area contributed by atoms with E-state index in [1.54, 1.807) is 6.08 Å². The lowest BCUT2D eigenvalue weighted by atomic mass is 10.1. The molecule has 1 aromatic rings. The first-order valence-corrected chi connectivity index (χ1v) is 5.89. The normalized spacial score (nSPS) is 11.9. The molecule has 0 saturated carbocycles. The van der Waals surface area contributed by atoms with Gasteiger partial charge < -0.3 is 0 Å². The van der Waals surface area contributed by atoms with Crippen molar-refractivity contribution in [2.45, 2.75) is 20.3 Å². The molecule has 0 aliphatic heterocycles. The largest absolute Gasteiger partial charge is 0.259 e. The standard InChI is InChI=1S/C12H14BrNO2/c1-9(2)7-12(14(15)16)8-10-3-5-11(13)6-4-10/h3-6,8-9H,7H2,1-2H3. The van der Waals surface area contributed by atoms with Crippen LogP contribution in [0.1, 0.15) is 25.8 Å². The maximum atomic E-state index is 10.8. The molecule has 3 nitrogen and oxygen atoms in total. The number of benzene rings is 1. The summed E-state index contributed by atoms with van der Waals surface area (Å²) in [6.07, 6.45) is 2.12. The lowest BCUT2D eigenvalue weighted by Crippen LogP contribution is -2.02. The van der Waals surface area contributed by atoms with Gasteiger partial charge in [0.15, 0.2) is 0 Å². The first-order valence-electron chi connectivity index (χ1n) is 5.09. The Bertz CT molecular complexity index is 396. The van der Waals surface area contributed by atoms with Gasteiger partial charge in [0.2, 0.25) is 5.70 Å². The number of hydrogen-bond donors (Lipinski definition) is 0. The number of halogens is 1. The number of hydrogen-bond acceptors (Lipinski definition) is 2. The van der Waals surface area contributed by atoms with Crippen LogP contribution in [0, 0.1) is 16.0 Å². The summed E-state index contributed by atoms with van der Waals surface area (Å²) < 4.78 is 0.969. The van der Waals surface area contributed by atoms with E-state index in [1.165, 1.54) is 0 Å². The first kappa shape index (κ1) is 12.9. The Labute approximate surface area is 103 Å². The highest BCUT2D eigenvalue weighted by Crippen LogP contribution is 2.17. The highest BCUT2D eigenvalue weighted by atomic mass is 79.9. The lowest BCUT2D eigenvalue weighted by molar-refractivity contribution is -0.427. The van der Waals surface area contributed by atoms with E-state index in [1.807, 2.05) is 38.1 Å². The van der Waals surface area contributed by atoms with Crippen molar-refractivity contribution in [3.63, 3.8) is 0 Å². The van der Waals surface area contributed by atoms with Crippen LogP contribution < -0.4 is 0 Å². The highest BCUT2D eigenvalue weighted by molar-refractivity contribution is 9.10. The van der Waals surface area contributed by atoms with Crippen LogP contribution in [-0.2, 0) is 0 Å². The van der Waals surface area contributed by atoms with Crippen molar-refractivity contribution in [1.82, 2.24) is 0 Å². The highest BCUT2D eigenvalue weighted by Gasteiger charge is 2.12. The van der Waals surface area contributed by atoms with Gasteiger partial charge in [0.1, 0.15) is 0 Å². The molecule has 0 amide bonds. The monoisotopic (exact) mass is 283 g/mol. The maximum absolute atomic E-state index is 10.8. The Hall–Kier alpha value is -1.16. The summed E-state index contributed by atoms with van der Waals surface area (Å²) in [5, 5.41) is 10.8. The number of nitro groups is 1. The first-order chi connectivity index (χ1) is 7.49. The van der Waals surface area contributed by atoms with Crippen molar-refractivity contribution in [3.8, 4) is 0 Å². The maximum Gasteiger partial charge on any atom is 0.247 e. The second-order valence-electron chi connectivity index (χ2n) is 4.04. The minimum absolute atomic E-state index is 0.261. The predicted octanol–water partition coefficient (Wildman–Crippen LogP) is 4.11. The molecule has 0 atom stereocenters. The fourth-order valence-corrected chi connectivity index (χ4v) is 1.62. The molecule has 1 rings (SSSR count). The van der Waals surface area contributed by atoms with Gasteiger partial charge in [-0.15, -0.1) is 0 Å². The second kappa shape index (κ2) is 5.80. The summed E-state index contributed by atoms with van der Waals surface area (Å²) in [7, 11) is 0. The van der Waals surface area contributed by atoms with Crippen LogP contribution in [0.2, 0.25) is 0 Å². The second-order valence-corrected chi connectivity index (χ2v) is 4.96. The topological polar surface area (TPSA) is 43.1 Å². The molecule has 0 aliphatic carbocycles. The third kappa shape index (κ3) is 4.14. The molecule has 0 bridgehead atoms. The van der Waals surface area contributed by atoms with Crippen LogP contribution in [0.15, 0.2) is 34.4 Å². The minimum Gasteiger partial charge on any atom is -0.259 e. The molecule has 0 N–H and O–H groups in total. The smallest absolute Gasteiger partial charge is 0.247 e. The zero-order valence-corrected chi connectivity index (χ0v) is 10.9. The van der Waals surface area contributed by atoms with Gasteiger partial charge >= 0.3 is 0 Å². The van der Waals surface area contributed by atoms with E-state index >= 15 is 0 Å². The molecule has 1 aromatic carbocycles. The van der Waals surface area contributed by atoms with Crippen molar-refractivity contribution >= 4 is 22.0 Å². The fourth-order valence-electron chi connectivity index (χ4n) is 1.36. The average molecular weight is 284 g/mol. The summed E-state index contributed by atoms with van der Waals surface area (Å²) in [4.78, 5) is 10.5. The summed E-state index contributed by atoms with van der Waals surface area (Å²) in [5.41, 5.74) is 1.12. The van der Waals surface area contributed by atoms with Gasteiger partial charge in [-0.25, -0.2) is 0 Å². The fraction of sp³-hybridized carbons (Fsp3) is 0.333. The van der Waals surface area contributed by atoms with Gasteiger partial charge in [-0.3, -0.25) is 10.1 Å². The molecule has 0 spiro atoms. The molecule has 16 heavy (non-hydrogen) atoms. The molecule has 0 aliphatic rings. The van der Waals surface area contributed by atoms with Crippen molar-refractivity contribution in [3.05, 3.63) is 50.1 Å². The Kier molecular flexibility index (Phi) is 4.68. The number of rotatable bonds is 4. The Morgan fingerprint density at radius 1 is 1.44 bits per heavy atom. The van der Waals surface area contributed by atoms with Crippen molar-refractivity contribution in [1.29, 1.82) is 0 Å². The van der Waals surface area contributed by atoms with E-state index < -0.39 is 0 Å². The molecule has 0 radical (unpaired) electrons. The lowest BCUT2D eigenvalue weighted by Gasteiger charge is -2.02. The van der Waals surface area contributed by atoms with E-state index in [0.29, 0.717) is 6.42 Å². The molecule has 0 heterocycles. The number of nitrogens with zero attached hydrogens (tertiary/aromatic N) is 1. The third-order valence-electron chi connectivity index (χ3n) is 2.06. The van der Waals surface area contributed by atoms with E-state index in [2.05, 4.69) is 15.9 Å². The minimum atomic E-state index is -0.304. The molecule has 0 fully saturated rings. The molecule has 0 unspecified atom stereocenters. The quantitative estimate of drug-likeness (QED) is 0.616. The predicted molar refractivity (Wildman–Crippen MR) is 68.6 cm³/mol. The molecule has 4 heteroatoms. The van der Waals surface area contributed by atoms with Crippen LogP contribution in [0.25, 0.3) is 6.08 Å². The number of allylic oxidation sites excluding steroid dienone is 1. The third-order valence-corrected chi connectivity index (χ3v) is 2.58. The summed E-state index contributed by atoms with van der Waals surface area (Å²) in [6, 6.07) is 7.46. The van der Waals surface area contributed by atoms with E-state index in [4.69, 9.17) is 0 Å². The van der Waals surface area contributed by atoms with E-state index in [-0.39, 0.29) is 16.5 Å². The summed E-state index contributed by atoms with van der Waals surface area (Å²) >= 11 is 3.33. The van der Waals surface area contributed by atoms with Crippen LogP contribution in [0.4, 0.5) is 0 Å².